The van der Waals surface area contributed by atoms with Crippen molar-refractivity contribution >= 4 is 17.7 Å². The average molecular weight is 425 g/mol. The second-order valence-electron chi connectivity index (χ2n) is 8.07. The van der Waals surface area contributed by atoms with E-state index in [2.05, 4.69) is 5.32 Å². The number of rotatable bonds is 11. The quantitative estimate of drug-likeness (QED) is 0.241. The summed E-state index contributed by atoms with van der Waals surface area (Å²) in [5, 5.41) is 42.4. The highest BCUT2D eigenvalue weighted by Crippen LogP contribution is 2.21. The van der Waals surface area contributed by atoms with E-state index in [0.717, 1.165) is 0 Å². The van der Waals surface area contributed by atoms with Crippen molar-refractivity contribution in [3.8, 4) is 0 Å². The minimum atomic E-state index is -1.21. The molecular formula is C20H31N3O7. The van der Waals surface area contributed by atoms with Gasteiger partial charge in [-0.3, -0.25) is 14.9 Å². The molecule has 0 bridgehead atoms. The molecule has 0 aliphatic rings. The van der Waals surface area contributed by atoms with E-state index in [1.165, 1.54) is 29.2 Å². The molecule has 0 saturated carbocycles. The van der Waals surface area contributed by atoms with Gasteiger partial charge in [-0.25, -0.2) is 4.79 Å². The van der Waals surface area contributed by atoms with Crippen LogP contribution in [0.4, 0.5) is 10.5 Å². The maximum absolute atomic E-state index is 12.1. The third-order valence-corrected chi connectivity index (χ3v) is 4.70. The number of hydrogen-bond acceptors (Lipinski definition) is 6. The molecule has 0 unspecified atom stereocenters. The predicted octanol–water partition coefficient (Wildman–Crippen LogP) is 2.44. The van der Waals surface area contributed by atoms with E-state index in [0.29, 0.717) is 31.4 Å². The van der Waals surface area contributed by atoms with Crippen LogP contribution in [0.3, 0.4) is 0 Å². The van der Waals surface area contributed by atoms with Crippen LogP contribution < -0.4 is 5.32 Å². The van der Waals surface area contributed by atoms with Crippen LogP contribution in [-0.4, -0.2) is 61.9 Å². The van der Waals surface area contributed by atoms with E-state index in [9.17, 15) is 35.0 Å². The molecule has 2 atom stereocenters. The van der Waals surface area contributed by atoms with E-state index in [-0.39, 0.29) is 18.0 Å². The largest absolute Gasteiger partial charge is 0.465 e. The molecule has 0 aromatic heterocycles. The summed E-state index contributed by atoms with van der Waals surface area (Å²) < 4.78 is 0. The number of unbranched alkanes of at least 4 members (excludes halogenated alkanes) is 2. The smallest absolute Gasteiger partial charge is 0.407 e. The monoisotopic (exact) mass is 425 g/mol. The molecule has 0 heterocycles. The molecule has 2 amide bonds. The number of carbonyl (C=O) groups excluding carboxylic acids is 1. The number of nitro groups is 1. The Hall–Kier alpha value is -2.72. The topological polar surface area (TPSA) is 153 Å². The zero-order chi connectivity index (χ0) is 22.9. The number of nitrogens with one attached hydrogen (secondary N) is 1. The molecule has 0 radical (unpaired) electrons. The summed E-state index contributed by atoms with van der Waals surface area (Å²) in [5.74, 6) is -0.346. The van der Waals surface area contributed by atoms with Crippen LogP contribution in [0.2, 0.25) is 0 Å². The molecule has 30 heavy (non-hydrogen) atoms. The van der Waals surface area contributed by atoms with Crippen molar-refractivity contribution in [2.45, 2.75) is 64.1 Å². The predicted molar refractivity (Wildman–Crippen MR) is 110 cm³/mol. The first-order valence-electron chi connectivity index (χ1n) is 9.80. The Balaban J connectivity index is 2.46. The lowest BCUT2D eigenvalue weighted by Crippen LogP contribution is -2.45. The first-order chi connectivity index (χ1) is 14.0. The number of non-ortho nitro benzene ring substituents is 1. The van der Waals surface area contributed by atoms with Gasteiger partial charge in [0.2, 0.25) is 5.91 Å². The van der Waals surface area contributed by atoms with E-state index < -0.39 is 35.3 Å². The fourth-order valence-electron chi connectivity index (χ4n) is 2.98. The molecule has 0 aliphatic carbocycles. The van der Waals surface area contributed by atoms with Gasteiger partial charge in [-0.1, -0.05) is 6.42 Å². The number of carboxylic acid groups (broad SMARTS) is 1. The molecule has 0 saturated heterocycles. The number of aliphatic hydroxyl groups is 2. The van der Waals surface area contributed by atoms with Crippen LogP contribution in [0.25, 0.3) is 0 Å². The number of aliphatic hydroxyl groups excluding tert-OH is 2. The van der Waals surface area contributed by atoms with Gasteiger partial charge >= 0.3 is 6.09 Å². The molecule has 0 spiro atoms. The van der Waals surface area contributed by atoms with Gasteiger partial charge in [0.15, 0.2) is 0 Å². The van der Waals surface area contributed by atoms with Crippen LogP contribution in [0.5, 0.6) is 0 Å². The molecule has 0 fully saturated rings. The molecule has 10 nitrogen and oxygen atoms in total. The Morgan fingerprint density at radius 1 is 1.17 bits per heavy atom. The van der Waals surface area contributed by atoms with E-state index in [1.807, 2.05) is 20.8 Å². The Morgan fingerprint density at radius 3 is 2.23 bits per heavy atom. The number of nitrogens with zero attached hydrogens (tertiary/aromatic N) is 2. The third kappa shape index (κ3) is 7.96. The summed E-state index contributed by atoms with van der Waals surface area (Å²) >= 11 is 0. The Morgan fingerprint density at radius 2 is 1.77 bits per heavy atom. The highest BCUT2D eigenvalue weighted by Gasteiger charge is 2.25. The first kappa shape index (κ1) is 25.3. The summed E-state index contributed by atoms with van der Waals surface area (Å²) in [5.41, 5.74) is -0.273. The van der Waals surface area contributed by atoms with Crippen LogP contribution in [0.15, 0.2) is 24.3 Å². The Kier molecular flexibility index (Phi) is 9.67. The van der Waals surface area contributed by atoms with Crippen LogP contribution in [0.1, 0.15) is 58.1 Å². The number of nitro benzene ring substituents is 1. The van der Waals surface area contributed by atoms with Gasteiger partial charge in [0, 0.05) is 30.6 Å². The summed E-state index contributed by atoms with van der Waals surface area (Å²) in [7, 11) is 0. The minimum Gasteiger partial charge on any atom is -0.465 e. The molecular weight excluding hydrogens is 394 g/mol. The number of amides is 2. The maximum atomic E-state index is 12.1. The molecule has 1 aromatic rings. The molecule has 1 aromatic carbocycles. The third-order valence-electron chi connectivity index (χ3n) is 4.70. The minimum absolute atomic E-state index is 0.122. The van der Waals surface area contributed by atoms with E-state index >= 15 is 0 Å². The normalized spacial score (nSPS) is 13.4. The Bertz CT molecular complexity index is 716. The SMILES string of the molecule is CC(C)(C)N(CCCCCC(=O)N[C@H](CO)[C@@H](O)c1ccc([N+](=O)[O-])cc1)C(=O)O. The summed E-state index contributed by atoms with van der Waals surface area (Å²) in [6, 6.07) is 4.30. The van der Waals surface area contributed by atoms with Crippen molar-refractivity contribution < 1.29 is 29.8 Å². The lowest BCUT2D eigenvalue weighted by Gasteiger charge is -2.33. The Labute approximate surface area is 175 Å². The molecule has 168 valence electrons. The first-order valence-corrected chi connectivity index (χ1v) is 9.80. The molecule has 0 aliphatic heterocycles. The van der Waals surface area contributed by atoms with Crippen molar-refractivity contribution in [3.05, 3.63) is 39.9 Å². The lowest BCUT2D eigenvalue weighted by molar-refractivity contribution is -0.384. The average Bonchev–Trinajstić information content (AvgIpc) is 2.66. The fraction of sp³-hybridized carbons (Fsp3) is 0.600. The highest BCUT2D eigenvalue weighted by molar-refractivity contribution is 5.76. The van der Waals surface area contributed by atoms with E-state index in [1.54, 1.807) is 0 Å². The summed E-state index contributed by atoms with van der Waals surface area (Å²) in [6.07, 6.45) is -0.212. The number of benzene rings is 1. The second kappa shape index (κ2) is 11.5. The lowest BCUT2D eigenvalue weighted by atomic mass is 10.0. The van der Waals surface area contributed by atoms with Crippen molar-refractivity contribution in [1.29, 1.82) is 0 Å². The highest BCUT2D eigenvalue weighted by atomic mass is 16.6. The maximum Gasteiger partial charge on any atom is 0.407 e. The van der Waals surface area contributed by atoms with Gasteiger partial charge in [-0.2, -0.15) is 0 Å². The zero-order valence-electron chi connectivity index (χ0n) is 17.6. The van der Waals surface area contributed by atoms with Crippen LogP contribution in [-0.2, 0) is 4.79 Å². The van der Waals surface area contributed by atoms with E-state index in [4.69, 9.17) is 0 Å². The van der Waals surface area contributed by atoms with Crippen molar-refractivity contribution in [1.82, 2.24) is 10.2 Å². The van der Waals surface area contributed by atoms with Gasteiger partial charge < -0.3 is 25.5 Å². The molecule has 1 rings (SSSR count). The second-order valence-corrected chi connectivity index (χ2v) is 8.07. The van der Waals surface area contributed by atoms with Gasteiger partial charge in [0.1, 0.15) is 6.10 Å². The van der Waals surface area contributed by atoms with Crippen LogP contribution >= 0.6 is 0 Å². The van der Waals surface area contributed by atoms with Crippen molar-refractivity contribution in [3.63, 3.8) is 0 Å². The number of carbonyl (C=O) groups is 2. The van der Waals surface area contributed by atoms with Gasteiger partial charge in [-0.15, -0.1) is 0 Å². The number of hydrogen-bond donors (Lipinski definition) is 4. The van der Waals surface area contributed by atoms with Crippen LogP contribution in [0, 0.1) is 10.1 Å². The summed E-state index contributed by atoms with van der Waals surface area (Å²) in [4.78, 5) is 34.9. The molecule has 4 N–H and O–H groups in total. The standard InChI is InChI=1S/C20H31N3O7/c1-20(2,3)22(19(27)28)12-6-4-5-7-17(25)21-16(13-24)18(26)14-8-10-15(11-9-14)23(29)30/h8-11,16,18,24,26H,4-7,12-13H2,1-3H3,(H,21,25)(H,27,28)/t16-,18+/m1/s1. The molecule has 10 heteroatoms. The van der Waals surface area contributed by atoms with Gasteiger partial charge in [0.05, 0.1) is 17.6 Å². The zero-order valence-corrected chi connectivity index (χ0v) is 17.6. The van der Waals surface area contributed by atoms with Gasteiger partial charge in [-0.05, 0) is 51.3 Å². The van der Waals surface area contributed by atoms with Gasteiger partial charge in [0.25, 0.3) is 5.69 Å². The van der Waals surface area contributed by atoms with Crippen molar-refractivity contribution in [2.75, 3.05) is 13.2 Å². The summed E-state index contributed by atoms with van der Waals surface area (Å²) in [6.45, 7) is 5.33. The fourth-order valence-corrected chi connectivity index (χ4v) is 2.98. The van der Waals surface area contributed by atoms with Crippen molar-refractivity contribution in [2.24, 2.45) is 0 Å².